The molecule has 1 N–H and O–H groups in total. The number of carbonyl (C=O) groups excluding carboxylic acids is 1. The molecule has 1 aliphatic heterocycles. The molecule has 0 aliphatic carbocycles. The number of hydrogen-bond acceptors (Lipinski definition) is 3. The molecule has 21 heavy (non-hydrogen) atoms. The van der Waals surface area contributed by atoms with Gasteiger partial charge < -0.3 is 10.1 Å². The summed E-state index contributed by atoms with van der Waals surface area (Å²) in [6.07, 6.45) is -4.33. The lowest BCUT2D eigenvalue weighted by Gasteiger charge is -2.32. The highest BCUT2D eigenvalue weighted by molar-refractivity contribution is 5.76. The summed E-state index contributed by atoms with van der Waals surface area (Å²) in [5, 5.41) is 2.58. The van der Waals surface area contributed by atoms with Crippen LogP contribution in [0.2, 0.25) is 0 Å². The lowest BCUT2D eigenvalue weighted by atomic mass is 10.0. The third kappa shape index (κ3) is 3.87. The van der Waals surface area contributed by atoms with Crippen LogP contribution >= 0.6 is 0 Å². The van der Waals surface area contributed by atoms with Gasteiger partial charge in [-0.05, 0) is 17.7 Å². The maximum Gasteiger partial charge on any atom is 0.408 e. The molecule has 1 heterocycles. The average molecular weight is 302 g/mol. The van der Waals surface area contributed by atoms with E-state index >= 15 is 0 Å². The molecule has 0 bridgehead atoms. The Morgan fingerprint density at radius 1 is 1.24 bits per heavy atom. The molecular formula is C14H17F3N2O2. The number of hydrogen-bond donors (Lipinski definition) is 1. The largest absolute Gasteiger partial charge is 0.497 e. The Kier molecular flexibility index (Phi) is 4.72. The van der Waals surface area contributed by atoms with Crippen LogP contribution in [0.15, 0.2) is 24.3 Å². The lowest BCUT2D eigenvalue weighted by molar-refractivity contribution is -0.186. The van der Waals surface area contributed by atoms with Crippen LogP contribution in [0.5, 0.6) is 5.75 Å². The van der Waals surface area contributed by atoms with Crippen molar-refractivity contribution in [2.24, 2.45) is 0 Å². The van der Waals surface area contributed by atoms with Gasteiger partial charge in [0.25, 0.3) is 0 Å². The Morgan fingerprint density at radius 3 is 2.48 bits per heavy atom. The van der Waals surface area contributed by atoms with Gasteiger partial charge in [0.1, 0.15) is 11.8 Å². The monoisotopic (exact) mass is 302 g/mol. The van der Waals surface area contributed by atoms with E-state index < -0.39 is 12.2 Å². The first kappa shape index (κ1) is 15.6. The van der Waals surface area contributed by atoms with Crippen molar-refractivity contribution in [2.45, 2.75) is 18.6 Å². The van der Waals surface area contributed by atoms with Crippen LogP contribution in [0.4, 0.5) is 13.2 Å². The quantitative estimate of drug-likeness (QED) is 0.930. The van der Waals surface area contributed by atoms with E-state index in [1.54, 1.807) is 0 Å². The number of methoxy groups -OCH3 is 1. The lowest BCUT2D eigenvalue weighted by Crippen LogP contribution is -2.40. The number of benzene rings is 1. The van der Waals surface area contributed by atoms with Crippen LogP contribution in [0.1, 0.15) is 18.0 Å². The van der Waals surface area contributed by atoms with Gasteiger partial charge >= 0.3 is 6.18 Å². The van der Waals surface area contributed by atoms with Gasteiger partial charge in [-0.25, -0.2) is 0 Å². The molecule has 0 radical (unpaired) electrons. The first-order chi connectivity index (χ1) is 9.91. The molecule has 116 valence electrons. The second-order valence-electron chi connectivity index (χ2n) is 4.85. The minimum atomic E-state index is -4.40. The molecule has 1 aromatic rings. The van der Waals surface area contributed by atoms with Gasteiger partial charge in [-0.1, -0.05) is 12.1 Å². The Balaban J connectivity index is 2.27. The summed E-state index contributed by atoms with van der Waals surface area (Å²) in [5.74, 6) is 0.292. The molecule has 0 saturated carbocycles. The SMILES string of the molecule is COc1ccc(C(N2CCNC(=O)CC2)C(F)(F)F)cc1. The zero-order chi connectivity index (χ0) is 15.5. The first-order valence-corrected chi connectivity index (χ1v) is 6.63. The Bertz CT molecular complexity index is 488. The van der Waals surface area contributed by atoms with Crippen molar-refractivity contribution in [3.05, 3.63) is 29.8 Å². The van der Waals surface area contributed by atoms with E-state index in [-0.39, 0.29) is 37.5 Å². The van der Waals surface area contributed by atoms with E-state index in [2.05, 4.69) is 5.32 Å². The number of nitrogens with one attached hydrogen (secondary N) is 1. The summed E-state index contributed by atoms with van der Waals surface area (Å²) in [6.45, 7) is 0.478. The van der Waals surface area contributed by atoms with Crippen molar-refractivity contribution in [2.75, 3.05) is 26.7 Å². The molecular weight excluding hydrogens is 285 g/mol. The Hall–Kier alpha value is -1.76. The molecule has 1 unspecified atom stereocenters. The molecule has 0 aromatic heterocycles. The van der Waals surface area contributed by atoms with Gasteiger partial charge in [0.2, 0.25) is 5.91 Å². The fourth-order valence-electron chi connectivity index (χ4n) is 2.44. The fraction of sp³-hybridized carbons (Fsp3) is 0.500. The van der Waals surface area contributed by atoms with E-state index in [9.17, 15) is 18.0 Å². The van der Waals surface area contributed by atoms with E-state index in [1.165, 1.54) is 36.3 Å². The highest BCUT2D eigenvalue weighted by atomic mass is 19.4. The summed E-state index contributed by atoms with van der Waals surface area (Å²) in [4.78, 5) is 12.6. The van der Waals surface area contributed by atoms with Crippen molar-refractivity contribution in [3.8, 4) is 5.75 Å². The van der Waals surface area contributed by atoms with Crippen LogP contribution in [-0.2, 0) is 4.79 Å². The number of alkyl halides is 3. The van der Waals surface area contributed by atoms with Crippen LogP contribution in [0, 0.1) is 0 Å². The third-order valence-electron chi connectivity index (χ3n) is 3.45. The molecule has 7 heteroatoms. The molecule has 1 aromatic carbocycles. The first-order valence-electron chi connectivity index (χ1n) is 6.63. The van der Waals surface area contributed by atoms with Crippen molar-refractivity contribution in [1.82, 2.24) is 10.2 Å². The zero-order valence-corrected chi connectivity index (χ0v) is 11.6. The van der Waals surface area contributed by atoms with Gasteiger partial charge in [0.15, 0.2) is 0 Å². The highest BCUT2D eigenvalue weighted by Crippen LogP contribution is 2.38. The summed E-state index contributed by atoms with van der Waals surface area (Å²) < 4.78 is 45.2. The molecule has 1 aliphatic rings. The number of amides is 1. The molecule has 4 nitrogen and oxygen atoms in total. The van der Waals surface area contributed by atoms with Gasteiger partial charge in [-0.3, -0.25) is 9.69 Å². The van der Waals surface area contributed by atoms with Crippen LogP contribution in [0.25, 0.3) is 0 Å². The Morgan fingerprint density at radius 2 is 1.90 bits per heavy atom. The predicted molar refractivity (Wildman–Crippen MR) is 71.0 cm³/mol. The van der Waals surface area contributed by atoms with Crippen LogP contribution < -0.4 is 10.1 Å². The molecule has 2 rings (SSSR count). The minimum absolute atomic E-state index is 0.0722. The molecule has 1 amide bonds. The average Bonchev–Trinajstić information content (AvgIpc) is 2.63. The molecule has 1 saturated heterocycles. The van der Waals surface area contributed by atoms with E-state index in [4.69, 9.17) is 4.74 Å². The number of nitrogens with zero attached hydrogens (tertiary/aromatic N) is 1. The fourth-order valence-corrected chi connectivity index (χ4v) is 2.44. The van der Waals surface area contributed by atoms with Gasteiger partial charge in [0, 0.05) is 26.1 Å². The minimum Gasteiger partial charge on any atom is -0.497 e. The maximum atomic E-state index is 13.4. The second kappa shape index (κ2) is 6.34. The van der Waals surface area contributed by atoms with Crippen molar-refractivity contribution >= 4 is 5.91 Å². The Labute approximate surface area is 120 Å². The van der Waals surface area contributed by atoms with Gasteiger partial charge in [-0.2, -0.15) is 13.2 Å². The predicted octanol–water partition coefficient (Wildman–Crippen LogP) is 2.12. The van der Waals surface area contributed by atoms with E-state index in [0.29, 0.717) is 5.75 Å². The van der Waals surface area contributed by atoms with Crippen molar-refractivity contribution in [1.29, 1.82) is 0 Å². The molecule has 1 fully saturated rings. The highest BCUT2D eigenvalue weighted by Gasteiger charge is 2.44. The smallest absolute Gasteiger partial charge is 0.408 e. The third-order valence-corrected chi connectivity index (χ3v) is 3.45. The number of ether oxygens (including phenoxy) is 1. The topological polar surface area (TPSA) is 41.6 Å². The van der Waals surface area contributed by atoms with Gasteiger partial charge in [-0.15, -0.1) is 0 Å². The number of carbonyl (C=O) groups is 1. The second-order valence-corrected chi connectivity index (χ2v) is 4.85. The standard InChI is InChI=1S/C14H17F3N2O2/c1-21-11-4-2-10(3-5-11)13(14(15,16)17)19-8-6-12(20)18-7-9-19/h2-5,13H,6-9H2,1H3,(H,18,20). The van der Waals surface area contributed by atoms with Crippen molar-refractivity contribution < 1.29 is 22.7 Å². The summed E-state index contributed by atoms with van der Waals surface area (Å²) >= 11 is 0. The molecule has 0 spiro atoms. The number of halogens is 3. The van der Waals surface area contributed by atoms with Crippen molar-refractivity contribution in [3.63, 3.8) is 0 Å². The summed E-state index contributed by atoms with van der Waals surface area (Å²) in [5.41, 5.74) is 0.151. The summed E-state index contributed by atoms with van der Waals surface area (Å²) in [6, 6.07) is 4.13. The normalized spacial score (nSPS) is 18.8. The zero-order valence-electron chi connectivity index (χ0n) is 11.6. The van der Waals surface area contributed by atoms with Crippen LogP contribution in [0.3, 0.4) is 0 Å². The van der Waals surface area contributed by atoms with Gasteiger partial charge in [0.05, 0.1) is 7.11 Å². The summed E-state index contributed by atoms with van der Waals surface area (Å²) in [7, 11) is 1.46. The van der Waals surface area contributed by atoms with E-state index in [0.717, 1.165) is 0 Å². The number of rotatable bonds is 3. The molecule has 1 atom stereocenters. The van der Waals surface area contributed by atoms with E-state index in [1.807, 2.05) is 0 Å². The van der Waals surface area contributed by atoms with Crippen LogP contribution in [-0.4, -0.2) is 43.7 Å². The maximum absolute atomic E-state index is 13.4.